The Bertz CT molecular complexity index is 2730. The molecule has 0 unspecified atom stereocenters. The zero-order chi connectivity index (χ0) is 46.7. The summed E-state index contributed by atoms with van der Waals surface area (Å²) in [5, 5.41) is 17.7. The number of nitrogens with zero attached hydrogens (tertiary/aromatic N) is 4. The number of rotatable bonds is 14. The van der Waals surface area contributed by atoms with Gasteiger partial charge in [0.1, 0.15) is 22.6 Å². The molecule has 0 bridgehead atoms. The number of methoxy groups -OCH3 is 1. The average molecular weight is 882 g/mol. The molecule has 0 aliphatic heterocycles. The third-order valence-corrected chi connectivity index (χ3v) is 10.4. The number of alkyl halides is 6. The normalized spacial score (nSPS) is 12.3. The van der Waals surface area contributed by atoms with Crippen LogP contribution in [-0.2, 0) is 17.1 Å². The van der Waals surface area contributed by atoms with Crippen LogP contribution in [0.25, 0.3) is 28.1 Å². The van der Waals surface area contributed by atoms with Gasteiger partial charge in [-0.05, 0) is 97.1 Å². The van der Waals surface area contributed by atoms with E-state index < -0.39 is 52.0 Å². The molecule has 0 radical (unpaired) electrons. The minimum atomic E-state index is -4.72. The first-order valence-electron chi connectivity index (χ1n) is 19.3. The van der Waals surface area contributed by atoms with Crippen LogP contribution in [0, 0.1) is 33.1 Å². The van der Waals surface area contributed by atoms with Gasteiger partial charge in [0, 0.05) is 76.9 Å². The van der Waals surface area contributed by atoms with Crippen molar-refractivity contribution in [2.45, 2.75) is 53.9 Å². The summed E-state index contributed by atoms with van der Waals surface area (Å²) in [6.45, 7) is 9.65. The highest BCUT2D eigenvalue weighted by atomic mass is 19.4. The lowest BCUT2D eigenvalue weighted by Gasteiger charge is -2.21. The largest absolute Gasteiger partial charge is 0.501 e. The SMILES string of the molecule is CO/C(C)=C(\C(C)=N)c1cc(C(=O)NCCN(C)CCNC(=O)c2cc(-c3c(C)noc3C)c(C)n(-c3cccc(C(F)(F)F)c3)c2=O)c(=O)n(-c2cccc(C(F)(F)F)c2)c1C. The lowest BCUT2D eigenvalue weighted by Crippen LogP contribution is -2.40. The summed E-state index contributed by atoms with van der Waals surface area (Å²) in [4.78, 5) is 56.8. The number of halogens is 6. The molecule has 0 aliphatic rings. The fourth-order valence-electron chi connectivity index (χ4n) is 7.15. The van der Waals surface area contributed by atoms with Gasteiger partial charge >= 0.3 is 12.4 Å². The molecule has 0 spiro atoms. The second kappa shape index (κ2) is 18.7. The van der Waals surface area contributed by atoms with Crippen molar-refractivity contribution in [1.82, 2.24) is 29.8 Å². The minimum absolute atomic E-state index is 0.0106. The maximum absolute atomic E-state index is 13.9. The second-order valence-electron chi connectivity index (χ2n) is 14.8. The molecule has 0 fully saturated rings. The molecule has 63 heavy (non-hydrogen) atoms. The number of amides is 2. The molecule has 0 saturated carbocycles. The summed E-state index contributed by atoms with van der Waals surface area (Å²) in [5.74, 6) is -1.02. The summed E-state index contributed by atoms with van der Waals surface area (Å²) >= 11 is 0. The molecular formula is C44H45F6N7O6. The van der Waals surface area contributed by atoms with Gasteiger partial charge in [-0.2, -0.15) is 26.3 Å². The lowest BCUT2D eigenvalue weighted by atomic mass is 9.97. The Morgan fingerprint density at radius 1 is 0.762 bits per heavy atom. The number of nitrogens with one attached hydrogen (secondary N) is 3. The zero-order valence-electron chi connectivity index (χ0n) is 35.6. The van der Waals surface area contributed by atoms with E-state index in [1.54, 1.807) is 32.7 Å². The fraction of sp³-hybridized carbons (Fsp3) is 0.318. The summed E-state index contributed by atoms with van der Waals surface area (Å²) in [7, 11) is 3.04. The van der Waals surface area contributed by atoms with E-state index in [1.165, 1.54) is 52.1 Å². The van der Waals surface area contributed by atoms with Crippen LogP contribution in [0.3, 0.4) is 0 Å². The van der Waals surface area contributed by atoms with Crippen LogP contribution in [0.4, 0.5) is 26.3 Å². The van der Waals surface area contributed by atoms with Crippen molar-refractivity contribution in [3.05, 3.63) is 138 Å². The highest BCUT2D eigenvalue weighted by Crippen LogP contribution is 2.34. The van der Waals surface area contributed by atoms with E-state index in [2.05, 4.69) is 15.8 Å². The van der Waals surface area contributed by atoms with Gasteiger partial charge in [-0.3, -0.25) is 28.3 Å². The molecule has 0 aliphatic carbocycles. The van der Waals surface area contributed by atoms with E-state index >= 15 is 0 Å². The Kier molecular flexibility index (Phi) is 14.0. The van der Waals surface area contributed by atoms with Gasteiger partial charge < -0.3 is 30.2 Å². The molecule has 3 aromatic heterocycles. The Morgan fingerprint density at radius 3 is 1.67 bits per heavy atom. The van der Waals surface area contributed by atoms with Crippen LogP contribution >= 0.6 is 0 Å². The second-order valence-corrected chi connectivity index (χ2v) is 14.8. The number of aromatic nitrogens is 3. The highest BCUT2D eigenvalue weighted by Gasteiger charge is 2.33. The summed E-state index contributed by atoms with van der Waals surface area (Å²) in [6, 6.07) is 10.9. The Hall–Kier alpha value is -6.76. The van der Waals surface area contributed by atoms with Crippen LogP contribution in [0.15, 0.2) is 80.5 Å². The number of hydrogen-bond donors (Lipinski definition) is 3. The fourth-order valence-corrected chi connectivity index (χ4v) is 7.15. The van der Waals surface area contributed by atoms with E-state index in [-0.39, 0.29) is 77.1 Å². The third kappa shape index (κ3) is 10.1. The third-order valence-electron chi connectivity index (χ3n) is 10.4. The van der Waals surface area contributed by atoms with Gasteiger partial charge in [-0.1, -0.05) is 17.3 Å². The number of allylic oxidation sites excluding steroid dienone is 2. The highest BCUT2D eigenvalue weighted by molar-refractivity contribution is 6.22. The monoisotopic (exact) mass is 881 g/mol. The maximum atomic E-state index is 13.9. The van der Waals surface area contributed by atoms with Crippen LogP contribution in [0.5, 0.6) is 0 Å². The van der Waals surface area contributed by atoms with Crippen LogP contribution in [0.1, 0.15) is 74.1 Å². The molecule has 5 aromatic rings. The number of carbonyl (C=O) groups is 2. The average Bonchev–Trinajstić information content (AvgIpc) is 3.54. The Morgan fingerprint density at radius 2 is 1.24 bits per heavy atom. The van der Waals surface area contributed by atoms with Crippen molar-refractivity contribution in [2.24, 2.45) is 0 Å². The standard InChI is InChI=1S/C44H45F6N7O6/c1-23(51)37(27(5)62-8)33-21-35(41(60)56(25(33)3)31-13-9-11-29(19-31)43(45,46)47)39(58)52-15-17-55(7)18-16-53-40(59)36-22-34(38-24(2)54-63-28(38)6)26(4)57(42(36)61)32-14-10-12-30(20-32)44(48,49)50/h9-14,19-22,51H,15-18H2,1-8H3,(H,52,58)(H,53,59)/b37-27+,51-23?. The Balaban J connectivity index is 1.36. The summed E-state index contributed by atoms with van der Waals surface area (Å²) in [5.41, 5.74) is -2.69. The van der Waals surface area contributed by atoms with Gasteiger partial charge in [-0.15, -0.1) is 0 Å². The van der Waals surface area contributed by atoms with Crippen molar-refractivity contribution >= 4 is 23.1 Å². The molecule has 0 atom stereocenters. The quantitative estimate of drug-likeness (QED) is 0.0589. The van der Waals surface area contributed by atoms with E-state index in [9.17, 15) is 45.5 Å². The molecule has 0 saturated heterocycles. The summed E-state index contributed by atoms with van der Waals surface area (Å²) < 4.78 is 94.9. The number of ether oxygens (including phenoxy) is 1. The Labute approximate surface area is 357 Å². The van der Waals surface area contributed by atoms with E-state index in [1.807, 2.05) is 0 Å². The van der Waals surface area contributed by atoms with Crippen LogP contribution in [-0.4, -0.2) is 77.1 Å². The van der Waals surface area contributed by atoms with E-state index in [0.29, 0.717) is 22.6 Å². The topological polar surface area (TPSA) is 165 Å². The van der Waals surface area contributed by atoms with Crippen LogP contribution < -0.4 is 21.8 Å². The van der Waals surface area contributed by atoms with Gasteiger partial charge in [0.15, 0.2) is 0 Å². The summed E-state index contributed by atoms with van der Waals surface area (Å²) in [6.07, 6.45) is -9.42. The van der Waals surface area contributed by atoms with Gasteiger partial charge in [0.25, 0.3) is 22.9 Å². The predicted octanol–water partition coefficient (Wildman–Crippen LogP) is 7.42. The molecule has 3 N–H and O–H groups in total. The minimum Gasteiger partial charge on any atom is -0.501 e. The van der Waals surface area contributed by atoms with Crippen molar-refractivity contribution in [3.63, 3.8) is 0 Å². The first-order valence-corrected chi connectivity index (χ1v) is 19.3. The number of likely N-dealkylation sites (N-methyl/N-ethyl adjacent to an activating group) is 1. The molecule has 13 nitrogen and oxygen atoms in total. The number of pyridine rings is 2. The maximum Gasteiger partial charge on any atom is 0.416 e. The van der Waals surface area contributed by atoms with Crippen molar-refractivity contribution < 1.29 is 45.2 Å². The molecule has 19 heteroatoms. The van der Waals surface area contributed by atoms with Gasteiger partial charge in [0.05, 0.1) is 23.9 Å². The van der Waals surface area contributed by atoms with Crippen LogP contribution in [0.2, 0.25) is 0 Å². The van der Waals surface area contributed by atoms with Crippen molar-refractivity contribution in [2.75, 3.05) is 40.3 Å². The smallest absolute Gasteiger partial charge is 0.416 e. The molecule has 3 heterocycles. The predicted molar refractivity (Wildman–Crippen MR) is 224 cm³/mol. The number of hydrogen-bond acceptors (Lipinski definition) is 9. The first-order chi connectivity index (χ1) is 29.5. The number of carbonyl (C=O) groups excluding carboxylic acids is 2. The number of aryl methyl sites for hydroxylation is 2. The van der Waals surface area contributed by atoms with Crippen molar-refractivity contribution in [1.29, 1.82) is 5.41 Å². The zero-order valence-corrected chi connectivity index (χ0v) is 35.6. The molecule has 2 amide bonds. The van der Waals surface area contributed by atoms with Crippen molar-refractivity contribution in [3.8, 4) is 22.5 Å². The van der Waals surface area contributed by atoms with Gasteiger partial charge in [-0.25, -0.2) is 0 Å². The molecule has 2 aromatic carbocycles. The molecular weight excluding hydrogens is 837 g/mol. The molecule has 334 valence electrons. The first kappa shape index (κ1) is 47.3. The van der Waals surface area contributed by atoms with E-state index in [4.69, 9.17) is 14.7 Å². The lowest BCUT2D eigenvalue weighted by molar-refractivity contribution is -0.138. The molecule has 5 rings (SSSR count). The van der Waals surface area contributed by atoms with Gasteiger partial charge in [0.2, 0.25) is 0 Å². The van der Waals surface area contributed by atoms with E-state index in [0.717, 1.165) is 45.5 Å². The number of benzene rings is 2.